The van der Waals surface area contributed by atoms with E-state index in [4.69, 9.17) is 0 Å². The zero-order valence-electron chi connectivity index (χ0n) is 12.3. The molecule has 3 nitrogen and oxygen atoms in total. The molecule has 1 N–H and O–H groups in total. The van der Waals surface area contributed by atoms with E-state index in [-0.39, 0.29) is 11.8 Å². The van der Waals surface area contributed by atoms with Crippen LogP contribution in [0.1, 0.15) is 37.7 Å². The van der Waals surface area contributed by atoms with Crippen molar-refractivity contribution in [2.45, 2.75) is 38.5 Å². The van der Waals surface area contributed by atoms with Crippen LogP contribution in [-0.4, -0.2) is 17.4 Å². The highest BCUT2D eigenvalue weighted by atomic mass is 16.1. The second-order valence-electron chi connectivity index (χ2n) is 5.87. The maximum absolute atomic E-state index is 12.1. The topological polar surface area (TPSA) is 42.0 Å². The molecule has 1 saturated carbocycles. The van der Waals surface area contributed by atoms with Crippen molar-refractivity contribution in [2.75, 3.05) is 6.54 Å². The smallest absolute Gasteiger partial charge is 0.223 e. The summed E-state index contributed by atoms with van der Waals surface area (Å²) in [7, 11) is 0. The normalized spacial score (nSPS) is 16.0. The van der Waals surface area contributed by atoms with E-state index in [1.54, 1.807) is 0 Å². The van der Waals surface area contributed by atoms with Crippen molar-refractivity contribution in [1.29, 1.82) is 0 Å². The van der Waals surface area contributed by atoms with E-state index < -0.39 is 0 Å². The first-order valence-corrected chi connectivity index (χ1v) is 7.95. The molecule has 110 valence electrons. The molecule has 2 aromatic rings. The molecular weight excluding hydrogens is 260 g/mol. The lowest BCUT2D eigenvalue weighted by Crippen LogP contribution is -2.33. The van der Waals surface area contributed by atoms with Gasteiger partial charge in [-0.1, -0.05) is 43.5 Å². The molecule has 3 rings (SSSR count). The summed E-state index contributed by atoms with van der Waals surface area (Å²) in [5.74, 6) is 0.479. The highest BCUT2D eigenvalue weighted by Crippen LogP contribution is 2.23. The molecule has 1 aliphatic carbocycles. The van der Waals surface area contributed by atoms with Crippen LogP contribution in [0.3, 0.4) is 0 Å². The average molecular weight is 282 g/mol. The number of fused-ring (bicyclic) bond motifs is 1. The van der Waals surface area contributed by atoms with Crippen LogP contribution >= 0.6 is 0 Å². The van der Waals surface area contributed by atoms with Crippen molar-refractivity contribution in [3.63, 3.8) is 0 Å². The maximum Gasteiger partial charge on any atom is 0.223 e. The molecule has 1 heterocycles. The molecule has 3 heteroatoms. The number of amides is 1. The Kier molecular flexibility index (Phi) is 4.49. The molecule has 0 saturated heterocycles. The monoisotopic (exact) mass is 282 g/mol. The van der Waals surface area contributed by atoms with Crippen LogP contribution in [0.15, 0.2) is 36.5 Å². The van der Waals surface area contributed by atoms with Gasteiger partial charge in [0.2, 0.25) is 5.91 Å². The fourth-order valence-corrected chi connectivity index (χ4v) is 3.20. The third-order valence-corrected chi connectivity index (χ3v) is 4.39. The van der Waals surface area contributed by atoms with Crippen molar-refractivity contribution < 1.29 is 4.79 Å². The number of rotatable bonds is 4. The molecule has 0 spiro atoms. The third kappa shape index (κ3) is 3.41. The standard InChI is InChI=1S/C18H22N2O/c21-18(16-6-2-1-3-7-16)20-13-11-15-9-4-8-14-10-5-12-19-17(14)15/h4-5,8-10,12,16H,1-3,6-7,11,13H2,(H,20,21). The zero-order chi connectivity index (χ0) is 14.5. The quantitative estimate of drug-likeness (QED) is 0.933. The first kappa shape index (κ1) is 14.1. The summed E-state index contributed by atoms with van der Waals surface area (Å²) in [5.41, 5.74) is 2.25. The van der Waals surface area contributed by atoms with Gasteiger partial charge in [-0.15, -0.1) is 0 Å². The minimum Gasteiger partial charge on any atom is -0.356 e. The summed E-state index contributed by atoms with van der Waals surface area (Å²) in [6.07, 6.45) is 8.46. The van der Waals surface area contributed by atoms with Crippen LogP contribution in [0.25, 0.3) is 10.9 Å². The lowest BCUT2D eigenvalue weighted by molar-refractivity contribution is -0.125. The van der Waals surface area contributed by atoms with Crippen LogP contribution in [0.4, 0.5) is 0 Å². The molecular formula is C18H22N2O. The number of hydrogen-bond donors (Lipinski definition) is 1. The van der Waals surface area contributed by atoms with Crippen molar-refractivity contribution in [3.8, 4) is 0 Å². The molecule has 21 heavy (non-hydrogen) atoms. The molecule has 0 bridgehead atoms. The van der Waals surface area contributed by atoms with Gasteiger partial charge in [0.05, 0.1) is 5.52 Å². The van der Waals surface area contributed by atoms with E-state index in [9.17, 15) is 4.79 Å². The van der Waals surface area contributed by atoms with Crippen LogP contribution in [-0.2, 0) is 11.2 Å². The number of carbonyl (C=O) groups excluding carboxylic acids is 1. The van der Waals surface area contributed by atoms with Gasteiger partial charge in [-0.05, 0) is 30.9 Å². The van der Waals surface area contributed by atoms with E-state index in [0.29, 0.717) is 6.54 Å². The Morgan fingerprint density at radius 2 is 1.95 bits per heavy atom. The molecule has 1 aromatic heterocycles. The second-order valence-corrected chi connectivity index (χ2v) is 5.87. The Balaban J connectivity index is 1.58. The van der Waals surface area contributed by atoms with Gasteiger partial charge in [-0.25, -0.2) is 0 Å². The molecule has 1 aliphatic rings. The minimum absolute atomic E-state index is 0.239. The number of para-hydroxylation sites is 1. The van der Waals surface area contributed by atoms with Crippen LogP contribution in [0.2, 0.25) is 0 Å². The fourth-order valence-electron chi connectivity index (χ4n) is 3.20. The Labute approximate surface area is 125 Å². The fraction of sp³-hybridized carbons (Fsp3) is 0.444. The summed E-state index contributed by atoms with van der Waals surface area (Å²) in [6, 6.07) is 10.3. The number of benzene rings is 1. The number of nitrogens with one attached hydrogen (secondary N) is 1. The summed E-state index contributed by atoms with van der Waals surface area (Å²) < 4.78 is 0. The van der Waals surface area contributed by atoms with E-state index in [2.05, 4.69) is 34.6 Å². The second kappa shape index (κ2) is 6.70. The van der Waals surface area contributed by atoms with Gasteiger partial charge in [0.25, 0.3) is 0 Å². The highest BCUT2D eigenvalue weighted by Gasteiger charge is 2.20. The van der Waals surface area contributed by atoms with E-state index >= 15 is 0 Å². The predicted molar refractivity (Wildman–Crippen MR) is 85.0 cm³/mol. The van der Waals surface area contributed by atoms with Gasteiger partial charge in [0.1, 0.15) is 0 Å². The molecule has 1 aromatic carbocycles. The van der Waals surface area contributed by atoms with Gasteiger partial charge >= 0.3 is 0 Å². The maximum atomic E-state index is 12.1. The van der Waals surface area contributed by atoms with Gasteiger partial charge in [-0.3, -0.25) is 9.78 Å². The molecule has 1 amide bonds. The first-order chi connectivity index (χ1) is 10.3. The molecule has 0 aliphatic heterocycles. The third-order valence-electron chi connectivity index (χ3n) is 4.39. The first-order valence-electron chi connectivity index (χ1n) is 7.95. The van der Waals surface area contributed by atoms with E-state index in [0.717, 1.165) is 30.2 Å². The summed E-state index contributed by atoms with van der Waals surface area (Å²) in [6.45, 7) is 0.699. The van der Waals surface area contributed by atoms with Crippen LogP contribution < -0.4 is 5.32 Å². The Bertz CT molecular complexity index is 612. The van der Waals surface area contributed by atoms with Crippen LogP contribution in [0, 0.1) is 5.92 Å². The Morgan fingerprint density at radius 3 is 2.81 bits per heavy atom. The summed E-state index contributed by atoms with van der Waals surface area (Å²) in [5, 5.41) is 4.26. The van der Waals surface area contributed by atoms with Gasteiger partial charge in [-0.2, -0.15) is 0 Å². The van der Waals surface area contributed by atoms with Crippen molar-refractivity contribution in [1.82, 2.24) is 10.3 Å². The lowest BCUT2D eigenvalue weighted by Gasteiger charge is -2.20. The van der Waals surface area contributed by atoms with Crippen molar-refractivity contribution in [3.05, 3.63) is 42.1 Å². The van der Waals surface area contributed by atoms with Crippen molar-refractivity contribution in [2.24, 2.45) is 5.92 Å². The SMILES string of the molecule is O=C(NCCc1cccc2cccnc12)C1CCCCC1. The predicted octanol–water partition coefficient (Wildman–Crippen LogP) is 3.47. The number of aromatic nitrogens is 1. The minimum atomic E-state index is 0.239. The van der Waals surface area contributed by atoms with Gasteiger partial charge < -0.3 is 5.32 Å². The van der Waals surface area contributed by atoms with Gasteiger partial charge in [0.15, 0.2) is 0 Å². The molecule has 1 fully saturated rings. The molecule has 0 atom stereocenters. The highest BCUT2D eigenvalue weighted by molar-refractivity contribution is 5.82. The Hall–Kier alpha value is -1.90. The summed E-state index contributed by atoms with van der Waals surface area (Å²) in [4.78, 5) is 16.6. The van der Waals surface area contributed by atoms with Crippen molar-refractivity contribution >= 4 is 16.8 Å². The van der Waals surface area contributed by atoms with E-state index in [1.165, 1.54) is 24.8 Å². The van der Waals surface area contributed by atoms with Crippen LogP contribution in [0.5, 0.6) is 0 Å². The lowest BCUT2D eigenvalue weighted by atomic mass is 9.88. The number of hydrogen-bond acceptors (Lipinski definition) is 2. The number of carbonyl (C=O) groups is 1. The molecule has 0 unspecified atom stereocenters. The number of pyridine rings is 1. The average Bonchev–Trinajstić information content (AvgIpc) is 2.56. The zero-order valence-corrected chi connectivity index (χ0v) is 12.3. The Morgan fingerprint density at radius 1 is 1.14 bits per heavy atom. The number of nitrogens with zero attached hydrogens (tertiary/aromatic N) is 1. The molecule has 0 radical (unpaired) electrons. The van der Waals surface area contributed by atoms with Gasteiger partial charge in [0, 0.05) is 24.0 Å². The largest absolute Gasteiger partial charge is 0.356 e. The summed E-state index contributed by atoms with van der Waals surface area (Å²) >= 11 is 0. The van der Waals surface area contributed by atoms with E-state index in [1.807, 2.05) is 12.3 Å².